The van der Waals surface area contributed by atoms with Crippen LogP contribution in [-0.2, 0) is 9.59 Å². The molecule has 0 unspecified atom stereocenters. The van der Waals surface area contributed by atoms with Gasteiger partial charge in [0.2, 0.25) is 0 Å². The van der Waals surface area contributed by atoms with E-state index >= 15 is 0 Å². The average molecular weight is 475 g/mol. The number of aryl methyl sites for hydroxylation is 1. The number of rotatable bonds is 8. The highest BCUT2D eigenvalue weighted by Gasteiger charge is 2.33. The molecule has 32 heavy (non-hydrogen) atoms. The second-order valence-corrected chi connectivity index (χ2v) is 8.29. The summed E-state index contributed by atoms with van der Waals surface area (Å²) >= 11 is 7.28. The maximum absolute atomic E-state index is 12.3. The number of ether oxygens (including phenoxy) is 2. The van der Waals surface area contributed by atoms with Gasteiger partial charge in [0.1, 0.15) is 0 Å². The maximum Gasteiger partial charge on any atom is 0.293 e. The zero-order valence-electron chi connectivity index (χ0n) is 17.9. The van der Waals surface area contributed by atoms with Gasteiger partial charge in [-0.05, 0) is 68.4 Å². The standard InChI is InChI=1S/C23H23ClN2O5S/c1-4-26-22(28)19(32-23(26)29)12-15-10-17(24)21(18(11-15)30-5-2)31-13-20(27)25-16-8-6-14(3)7-9-16/h6-12H,4-5,13H2,1-3H3,(H,25,27)/b19-12+. The monoisotopic (exact) mass is 474 g/mol. The Labute approximate surface area is 195 Å². The Morgan fingerprint density at radius 1 is 1.16 bits per heavy atom. The fraction of sp³-hybridized carbons (Fsp3) is 0.261. The molecule has 7 nitrogen and oxygen atoms in total. The van der Waals surface area contributed by atoms with Crippen LogP contribution in [0.25, 0.3) is 6.08 Å². The van der Waals surface area contributed by atoms with Crippen molar-refractivity contribution in [3.63, 3.8) is 0 Å². The number of amides is 3. The topological polar surface area (TPSA) is 84.9 Å². The third-order valence-corrected chi connectivity index (χ3v) is 5.69. The second kappa shape index (κ2) is 10.6. The number of halogens is 1. The molecule has 0 aromatic heterocycles. The van der Waals surface area contributed by atoms with E-state index in [0.717, 1.165) is 17.3 Å². The molecule has 1 fully saturated rings. The predicted octanol–water partition coefficient (Wildman–Crippen LogP) is 5.12. The summed E-state index contributed by atoms with van der Waals surface area (Å²) in [6.07, 6.45) is 1.59. The summed E-state index contributed by atoms with van der Waals surface area (Å²) in [6, 6.07) is 10.7. The van der Waals surface area contributed by atoms with Crippen LogP contribution in [0, 0.1) is 6.92 Å². The van der Waals surface area contributed by atoms with Gasteiger partial charge in [0.15, 0.2) is 18.1 Å². The molecule has 9 heteroatoms. The van der Waals surface area contributed by atoms with Crippen LogP contribution in [-0.4, -0.2) is 41.7 Å². The SMILES string of the molecule is CCOc1cc(/C=C2/SC(=O)N(CC)C2=O)cc(Cl)c1OCC(=O)Nc1ccc(C)cc1. The Bertz CT molecular complexity index is 1070. The van der Waals surface area contributed by atoms with Crippen molar-refractivity contribution in [2.45, 2.75) is 20.8 Å². The van der Waals surface area contributed by atoms with Crippen molar-refractivity contribution in [3.8, 4) is 11.5 Å². The highest BCUT2D eigenvalue weighted by atomic mass is 35.5. The van der Waals surface area contributed by atoms with Gasteiger partial charge in [-0.2, -0.15) is 0 Å². The van der Waals surface area contributed by atoms with Crippen LogP contribution in [0.1, 0.15) is 25.0 Å². The molecule has 0 radical (unpaired) electrons. The first kappa shape index (κ1) is 23.7. The number of hydrogen-bond acceptors (Lipinski definition) is 6. The number of anilines is 1. The molecule has 0 aliphatic carbocycles. The van der Waals surface area contributed by atoms with E-state index < -0.39 is 0 Å². The summed E-state index contributed by atoms with van der Waals surface area (Å²) < 4.78 is 11.3. The van der Waals surface area contributed by atoms with Crippen LogP contribution in [0.3, 0.4) is 0 Å². The molecule has 3 amide bonds. The van der Waals surface area contributed by atoms with Gasteiger partial charge in [0.25, 0.3) is 17.1 Å². The minimum atomic E-state index is -0.343. The highest BCUT2D eigenvalue weighted by molar-refractivity contribution is 8.18. The summed E-state index contributed by atoms with van der Waals surface area (Å²) in [7, 11) is 0. The molecule has 1 aliphatic rings. The Kier molecular flexibility index (Phi) is 7.82. The van der Waals surface area contributed by atoms with Crippen LogP contribution < -0.4 is 14.8 Å². The number of likely N-dealkylation sites (N-methyl/N-ethyl adjacent to an activating group) is 1. The Morgan fingerprint density at radius 2 is 1.88 bits per heavy atom. The Morgan fingerprint density at radius 3 is 2.50 bits per heavy atom. The first-order valence-corrected chi connectivity index (χ1v) is 11.2. The molecule has 0 saturated carbocycles. The van der Waals surface area contributed by atoms with Gasteiger partial charge in [-0.15, -0.1) is 0 Å². The molecule has 1 N–H and O–H groups in total. The van der Waals surface area contributed by atoms with Crippen molar-refractivity contribution >= 4 is 52.2 Å². The maximum atomic E-state index is 12.3. The molecule has 2 aromatic rings. The summed E-state index contributed by atoms with van der Waals surface area (Å²) in [4.78, 5) is 38.0. The van der Waals surface area contributed by atoms with Gasteiger partial charge >= 0.3 is 0 Å². The number of carbonyl (C=O) groups excluding carboxylic acids is 3. The van der Waals surface area contributed by atoms with Crippen LogP contribution in [0.4, 0.5) is 10.5 Å². The van der Waals surface area contributed by atoms with Crippen molar-refractivity contribution in [1.82, 2.24) is 4.90 Å². The second-order valence-electron chi connectivity index (χ2n) is 6.89. The lowest BCUT2D eigenvalue weighted by atomic mass is 10.1. The lowest BCUT2D eigenvalue weighted by Crippen LogP contribution is -2.27. The molecule has 2 aromatic carbocycles. The van der Waals surface area contributed by atoms with E-state index in [1.54, 1.807) is 44.2 Å². The van der Waals surface area contributed by atoms with Gasteiger partial charge in [-0.25, -0.2) is 0 Å². The van der Waals surface area contributed by atoms with E-state index in [1.807, 2.05) is 19.1 Å². The minimum Gasteiger partial charge on any atom is -0.490 e. The first-order valence-electron chi connectivity index (χ1n) is 10.0. The number of imide groups is 1. The van der Waals surface area contributed by atoms with E-state index in [4.69, 9.17) is 21.1 Å². The lowest BCUT2D eigenvalue weighted by molar-refractivity contribution is -0.122. The van der Waals surface area contributed by atoms with Crippen LogP contribution in [0.5, 0.6) is 11.5 Å². The number of nitrogens with one attached hydrogen (secondary N) is 1. The van der Waals surface area contributed by atoms with Gasteiger partial charge in [0.05, 0.1) is 16.5 Å². The summed E-state index contributed by atoms with van der Waals surface area (Å²) in [5.41, 5.74) is 2.33. The number of benzene rings is 2. The molecule has 1 heterocycles. The van der Waals surface area contributed by atoms with E-state index in [9.17, 15) is 14.4 Å². The third-order valence-electron chi connectivity index (χ3n) is 4.50. The summed E-state index contributed by atoms with van der Waals surface area (Å²) in [5, 5.41) is 2.67. The van der Waals surface area contributed by atoms with Crippen molar-refractivity contribution < 1.29 is 23.9 Å². The fourth-order valence-electron chi connectivity index (χ4n) is 2.97. The van der Waals surface area contributed by atoms with Gasteiger partial charge < -0.3 is 14.8 Å². The van der Waals surface area contributed by atoms with E-state index in [0.29, 0.717) is 35.1 Å². The molecule has 0 bridgehead atoms. The molecule has 0 atom stereocenters. The quantitative estimate of drug-likeness (QED) is 0.534. The van der Waals surface area contributed by atoms with Crippen molar-refractivity contribution in [2.24, 2.45) is 0 Å². The zero-order valence-corrected chi connectivity index (χ0v) is 19.5. The molecule has 168 valence electrons. The minimum absolute atomic E-state index is 0.222. The highest BCUT2D eigenvalue weighted by Crippen LogP contribution is 2.39. The van der Waals surface area contributed by atoms with Crippen LogP contribution in [0.2, 0.25) is 5.02 Å². The largest absolute Gasteiger partial charge is 0.490 e. The normalized spacial score (nSPS) is 14.8. The first-order chi connectivity index (χ1) is 15.3. The molecule has 1 aliphatic heterocycles. The molecular formula is C23H23ClN2O5S. The molecule has 1 saturated heterocycles. The predicted molar refractivity (Wildman–Crippen MR) is 126 cm³/mol. The molecule has 3 rings (SSSR count). The average Bonchev–Trinajstić information content (AvgIpc) is 3.01. The van der Waals surface area contributed by atoms with E-state index in [2.05, 4.69) is 5.32 Å². The Hall–Kier alpha value is -2.97. The van der Waals surface area contributed by atoms with Crippen LogP contribution >= 0.6 is 23.4 Å². The van der Waals surface area contributed by atoms with Gasteiger partial charge in [-0.1, -0.05) is 29.3 Å². The zero-order chi connectivity index (χ0) is 23.3. The number of thioether (sulfide) groups is 1. The summed E-state index contributed by atoms with van der Waals surface area (Å²) in [6.45, 7) is 5.90. The molecular weight excluding hydrogens is 452 g/mol. The number of hydrogen-bond donors (Lipinski definition) is 1. The fourth-order valence-corrected chi connectivity index (χ4v) is 4.15. The summed E-state index contributed by atoms with van der Waals surface area (Å²) in [5.74, 6) is -0.120. The van der Waals surface area contributed by atoms with Crippen molar-refractivity contribution in [1.29, 1.82) is 0 Å². The van der Waals surface area contributed by atoms with E-state index in [-0.39, 0.29) is 34.4 Å². The van der Waals surface area contributed by atoms with Gasteiger partial charge in [-0.3, -0.25) is 19.3 Å². The van der Waals surface area contributed by atoms with Crippen LogP contribution in [0.15, 0.2) is 41.3 Å². The smallest absolute Gasteiger partial charge is 0.293 e. The van der Waals surface area contributed by atoms with Crippen molar-refractivity contribution in [2.75, 3.05) is 25.1 Å². The number of carbonyl (C=O) groups is 3. The third kappa shape index (κ3) is 5.63. The van der Waals surface area contributed by atoms with Gasteiger partial charge in [0, 0.05) is 12.2 Å². The molecule has 0 spiro atoms. The number of nitrogens with zero attached hydrogens (tertiary/aromatic N) is 1. The lowest BCUT2D eigenvalue weighted by Gasteiger charge is -2.14. The van der Waals surface area contributed by atoms with Crippen molar-refractivity contribution in [3.05, 3.63) is 57.5 Å². The Balaban J connectivity index is 1.76. The van der Waals surface area contributed by atoms with E-state index in [1.165, 1.54) is 4.90 Å².